The Morgan fingerprint density at radius 2 is 1.86 bits per heavy atom. The number of pyridine rings is 1. The van der Waals surface area contributed by atoms with Crippen LogP contribution in [-0.2, 0) is 6.18 Å². The molecular weight excluding hydrogens is 469 g/mol. The minimum Gasteiger partial charge on any atom is -0.386 e. The van der Waals surface area contributed by atoms with Gasteiger partial charge in [-0.2, -0.15) is 13.2 Å². The van der Waals surface area contributed by atoms with Gasteiger partial charge in [0.1, 0.15) is 0 Å². The van der Waals surface area contributed by atoms with Gasteiger partial charge in [0.2, 0.25) is 0 Å². The van der Waals surface area contributed by atoms with Crippen LogP contribution < -0.4 is 26.4 Å². The first-order chi connectivity index (χ1) is 17.2. The van der Waals surface area contributed by atoms with Gasteiger partial charge in [0.15, 0.2) is 0 Å². The highest BCUT2D eigenvalue weighted by Crippen LogP contribution is 2.36. The van der Waals surface area contributed by atoms with Gasteiger partial charge in [0.25, 0.3) is 5.91 Å². The van der Waals surface area contributed by atoms with E-state index in [-0.39, 0.29) is 11.4 Å². The number of carbonyl (C=O) groups excluding carboxylic acids is 1. The van der Waals surface area contributed by atoms with Gasteiger partial charge in [-0.05, 0) is 61.9 Å². The van der Waals surface area contributed by atoms with E-state index in [1.165, 1.54) is 12.1 Å². The van der Waals surface area contributed by atoms with Crippen LogP contribution in [0.5, 0.6) is 0 Å². The van der Waals surface area contributed by atoms with Crippen LogP contribution in [0.15, 0.2) is 67.1 Å². The summed E-state index contributed by atoms with van der Waals surface area (Å²) in [6, 6.07) is 12.5. The smallest absolute Gasteiger partial charge is 0.386 e. The first-order valence-electron chi connectivity index (χ1n) is 11.3. The van der Waals surface area contributed by atoms with Crippen molar-refractivity contribution in [2.24, 2.45) is 0 Å². The Morgan fingerprint density at radius 1 is 1.08 bits per heavy atom. The van der Waals surface area contributed by atoms with E-state index in [2.05, 4.69) is 26.4 Å². The van der Waals surface area contributed by atoms with Crippen LogP contribution in [0.3, 0.4) is 0 Å². The van der Waals surface area contributed by atoms with Crippen molar-refractivity contribution < 1.29 is 18.0 Å². The highest BCUT2D eigenvalue weighted by molar-refractivity contribution is 6.05. The van der Waals surface area contributed by atoms with Crippen molar-refractivity contribution in [2.75, 3.05) is 36.3 Å². The van der Waals surface area contributed by atoms with Gasteiger partial charge in [-0.1, -0.05) is 6.07 Å². The number of aryl methyl sites for hydroxylation is 1. The van der Waals surface area contributed by atoms with E-state index in [9.17, 15) is 18.0 Å². The van der Waals surface area contributed by atoms with Crippen LogP contribution in [0.1, 0.15) is 34.0 Å². The fraction of sp³-hybridized carbons (Fsp3) is 0.231. The normalized spacial score (nSPS) is 11.7. The summed E-state index contributed by atoms with van der Waals surface area (Å²) in [4.78, 5) is 17.1. The lowest BCUT2D eigenvalue weighted by molar-refractivity contribution is -0.136. The molecule has 0 bridgehead atoms. The molecule has 0 aliphatic heterocycles. The van der Waals surface area contributed by atoms with E-state index in [4.69, 9.17) is 0 Å². The minimum absolute atomic E-state index is 0.0361. The highest BCUT2D eigenvalue weighted by atomic mass is 19.4. The van der Waals surface area contributed by atoms with Crippen LogP contribution in [0.25, 0.3) is 5.70 Å². The molecule has 0 radical (unpaired) electrons. The quantitative estimate of drug-likeness (QED) is 0.302. The summed E-state index contributed by atoms with van der Waals surface area (Å²) in [5.74, 6) is -0.526. The predicted octanol–water partition coefficient (Wildman–Crippen LogP) is 5.25. The number of anilines is 3. The van der Waals surface area contributed by atoms with Gasteiger partial charge in [0.05, 0.1) is 16.9 Å². The number of hydrogen-bond acceptors (Lipinski definition) is 6. The predicted molar refractivity (Wildman–Crippen MR) is 138 cm³/mol. The minimum atomic E-state index is -4.56. The van der Waals surface area contributed by atoms with Gasteiger partial charge in [-0.15, -0.1) is 0 Å². The van der Waals surface area contributed by atoms with E-state index in [0.717, 1.165) is 22.9 Å². The molecule has 7 nitrogen and oxygen atoms in total. The molecule has 36 heavy (non-hydrogen) atoms. The standard InChI is InChI=1S/C26H29F3N6O/c1-5-33-22-11-10-20(14-21(22)26(27,28)29)34-25(36)18-9-8-17(2)24(13-18)35(31-4)16-23(30-3)19-7-6-12-32-15-19/h6-16,30-31,33H,5H2,1-4H3,(H,34,36)/b23-16-. The number of alkyl halides is 3. The zero-order valence-corrected chi connectivity index (χ0v) is 20.5. The van der Waals surface area contributed by atoms with Crippen LogP contribution in [-0.4, -0.2) is 31.5 Å². The van der Waals surface area contributed by atoms with Gasteiger partial charge in [-0.25, -0.2) is 5.43 Å². The van der Waals surface area contributed by atoms with Crippen molar-refractivity contribution in [3.63, 3.8) is 0 Å². The number of amides is 1. The molecule has 0 atom stereocenters. The molecule has 1 heterocycles. The summed E-state index contributed by atoms with van der Waals surface area (Å²) in [5.41, 5.74) is 5.78. The molecule has 0 saturated carbocycles. The monoisotopic (exact) mass is 498 g/mol. The summed E-state index contributed by atoms with van der Waals surface area (Å²) < 4.78 is 40.5. The van der Waals surface area contributed by atoms with Crippen LogP contribution in [0, 0.1) is 6.92 Å². The van der Waals surface area contributed by atoms with Crippen molar-refractivity contribution in [3.8, 4) is 0 Å². The average molecular weight is 499 g/mol. The molecule has 1 aromatic heterocycles. The zero-order chi connectivity index (χ0) is 26.3. The summed E-state index contributed by atoms with van der Waals surface area (Å²) in [6.45, 7) is 3.95. The lowest BCUT2D eigenvalue weighted by Crippen LogP contribution is -2.31. The summed E-state index contributed by atoms with van der Waals surface area (Å²) >= 11 is 0. The number of carbonyl (C=O) groups is 1. The second-order valence-corrected chi connectivity index (χ2v) is 7.87. The Labute approximate surface area is 208 Å². The lowest BCUT2D eigenvalue weighted by atomic mass is 10.1. The van der Waals surface area contributed by atoms with E-state index >= 15 is 0 Å². The molecule has 190 valence electrons. The summed E-state index contributed by atoms with van der Waals surface area (Å²) in [5, 5.41) is 10.2. The Bertz CT molecular complexity index is 1230. The topological polar surface area (TPSA) is 81.3 Å². The van der Waals surface area contributed by atoms with Gasteiger partial charge in [0, 0.05) is 61.7 Å². The molecule has 0 aliphatic rings. The molecule has 0 aliphatic carbocycles. The molecule has 4 N–H and O–H groups in total. The number of halogens is 3. The van der Waals surface area contributed by atoms with Crippen molar-refractivity contribution in [1.82, 2.24) is 15.7 Å². The Kier molecular flexibility index (Phi) is 8.55. The number of hydrazine groups is 1. The van der Waals surface area contributed by atoms with Crippen LogP contribution >= 0.6 is 0 Å². The summed E-state index contributed by atoms with van der Waals surface area (Å²) in [7, 11) is 3.53. The fourth-order valence-electron chi connectivity index (χ4n) is 3.60. The lowest BCUT2D eigenvalue weighted by Gasteiger charge is -2.23. The molecule has 0 saturated heterocycles. The Hall–Kier alpha value is -4.05. The van der Waals surface area contributed by atoms with Crippen molar-refractivity contribution >= 4 is 28.7 Å². The maximum atomic E-state index is 13.5. The average Bonchev–Trinajstić information content (AvgIpc) is 2.86. The number of benzene rings is 2. The van der Waals surface area contributed by atoms with Gasteiger partial charge in [-0.3, -0.25) is 14.8 Å². The first kappa shape index (κ1) is 26.6. The first-order valence-corrected chi connectivity index (χ1v) is 11.3. The third-order valence-electron chi connectivity index (χ3n) is 5.42. The van der Waals surface area contributed by atoms with Gasteiger partial charge >= 0.3 is 6.18 Å². The SMILES string of the molecule is CCNc1ccc(NC(=O)c2ccc(C)c(N(/C=C(\NC)c3cccnc3)NC)c2)cc1C(F)(F)F. The maximum Gasteiger partial charge on any atom is 0.418 e. The summed E-state index contributed by atoms with van der Waals surface area (Å²) in [6.07, 6.45) is 0.679. The van der Waals surface area contributed by atoms with Crippen molar-refractivity contribution in [1.29, 1.82) is 0 Å². The second kappa shape index (κ2) is 11.6. The zero-order valence-electron chi connectivity index (χ0n) is 20.5. The van der Waals surface area contributed by atoms with E-state index < -0.39 is 17.6 Å². The Balaban J connectivity index is 1.91. The van der Waals surface area contributed by atoms with E-state index in [1.54, 1.807) is 56.6 Å². The number of nitrogens with zero attached hydrogens (tertiary/aromatic N) is 2. The number of rotatable bonds is 9. The molecule has 3 aromatic rings. The van der Waals surface area contributed by atoms with Crippen molar-refractivity contribution in [2.45, 2.75) is 20.0 Å². The van der Waals surface area contributed by atoms with Crippen molar-refractivity contribution in [3.05, 3.63) is 89.4 Å². The number of nitrogens with one attached hydrogen (secondary N) is 4. The molecule has 1 amide bonds. The largest absolute Gasteiger partial charge is 0.418 e. The van der Waals surface area contributed by atoms with Crippen LogP contribution in [0.2, 0.25) is 0 Å². The molecule has 0 unspecified atom stereocenters. The second-order valence-electron chi connectivity index (χ2n) is 7.87. The molecule has 0 fully saturated rings. The molecule has 3 rings (SSSR count). The maximum absolute atomic E-state index is 13.5. The molecular formula is C26H29F3N6O. The molecule has 2 aromatic carbocycles. The molecule has 10 heteroatoms. The molecule has 0 spiro atoms. The van der Waals surface area contributed by atoms with E-state index in [1.807, 2.05) is 25.3 Å². The van der Waals surface area contributed by atoms with E-state index in [0.29, 0.717) is 17.8 Å². The van der Waals surface area contributed by atoms with Crippen LogP contribution in [0.4, 0.5) is 30.2 Å². The van der Waals surface area contributed by atoms with Gasteiger partial charge < -0.3 is 16.0 Å². The highest BCUT2D eigenvalue weighted by Gasteiger charge is 2.34. The number of hydrogen-bond donors (Lipinski definition) is 4. The third kappa shape index (κ3) is 6.33. The third-order valence-corrected chi connectivity index (χ3v) is 5.42. The number of aromatic nitrogens is 1. The Morgan fingerprint density at radius 3 is 2.47 bits per heavy atom. The fourth-order valence-corrected chi connectivity index (χ4v) is 3.60.